The van der Waals surface area contributed by atoms with Gasteiger partial charge in [-0.05, 0) is 32.1 Å². The molecule has 0 aliphatic carbocycles. The molecule has 1 aromatic rings. The van der Waals surface area contributed by atoms with E-state index in [-0.39, 0.29) is 11.8 Å². The molecule has 0 spiro atoms. The van der Waals surface area contributed by atoms with Crippen LogP contribution in [0, 0.1) is 0 Å². The molecule has 0 radical (unpaired) electrons. The summed E-state index contributed by atoms with van der Waals surface area (Å²) < 4.78 is 29.6. The Hall–Kier alpha value is -0.950. The van der Waals surface area contributed by atoms with Crippen LogP contribution in [0.5, 0.6) is 0 Å². The maximum absolute atomic E-state index is 12.0. The Morgan fingerprint density at radius 1 is 1.29 bits per heavy atom. The second-order valence-electron chi connectivity index (χ2n) is 5.57. The summed E-state index contributed by atoms with van der Waals surface area (Å²) in [6.45, 7) is 2.99. The number of rotatable bonds is 7. The molecule has 1 N–H and O–H groups in total. The van der Waals surface area contributed by atoms with Gasteiger partial charge in [0.1, 0.15) is 0 Å². The lowest BCUT2D eigenvalue weighted by atomic mass is 10.0. The zero-order valence-electron chi connectivity index (χ0n) is 12.7. The minimum Gasteiger partial charge on any atom is -0.379 e. The van der Waals surface area contributed by atoms with Gasteiger partial charge in [-0.2, -0.15) is 0 Å². The number of nitrogens with zero attached hydrogens (tertiary/aromatic N) is 1. The zero-order chi connectivity index (χ0) is 15.3. The molecule has 1 aliphatic rings. The maximum Gasteiger partial charge on any atom is 0.178 e. The summed E-state index contributed by atoms with van der Waals surface area (Å²) >= 11 is 0. The Morgan fingerprint density at radius 3 is 2.81 bits per heavy atom. The van der Waals surface area contributed by atoms with Crippen LogP contribution in [-0.2, 0) is 14.6 Å². The van der Waals surface area contributed by atoms with Gasteiger partial charge in [0.05, 0.1) is 23.9 Å². The molecule has 1 aliphatic heterocycles. The van der Waals surface area contributed by atoms with Gasteiger partial charge in [0.2, 0.25) is 0 Å². The summed E-state index contributed by atoms with van der Waals surface area (Å²) in [6.07, 6.45) is 0.622. The molecule has 0 saturated heterocycles. The molecule has 0 bridgehead atoms. The standard InChI is InChI=1S/C15H24N2O3S/c1-17(2)9-11-20-10-8-16-14-7-12-21(18,19)15-6-4-3-5-13(14)15/h3-6,14,16H,7-12H2,1-2H3. The monoisotopic (exact) mass is 312 g/mol. The SMILES string of the molecule is CN(C)CCOCCNC1CCS(=O)(=O)c2ccccc21. The molecular weight excluding hydrogens is 288 g/mol. The molecule has 2 rings (SSSR count). The van der Waals surface area contributed by atoms with Crippen molar-refractivity contribution in [2.24, 2.45) is 0 Å². The van der Waals surface area contributed by atoms with E-state index in [1.807, 2.05) is 26.2 Å². The normalized spacial score (nSPS) is 20.4. The third-order valence-corrected chi connectivity index (χ3v) is 5.44. The van der Waals surface area contributed by atoms with Crippen molar-refractivity contribution in [3.05, 3.63) is 29.8 Å². The third kappa shape index (κ3) is 4.51. The summed E-state index contributed by atoms with van der Waals surface area (Å²) in [5.41, 5.74) is 0.886. The van der Waals surface area contributed by atoms with E-state index in [1.165, 1.54) is 0 Å². The minimum atomic E-state index is -3.10. The largest absolute Gasteiger partial charge is 0.379 e. The van der Waals surface area contributed by atoms with Crippen LogP contribution in [0.15, 0.2) is 29.2 Å². The Morgan fingerprint density at radius 2 is 2.05 bits per heavy atom. The van der Waals surface area contributed by atoms with Crippen LogP contribution in [0.1, 0.15) is 18.0 Å². The van der Waals surface area contributed by atoms with Crippen LogP contribution in [0.2, 0.25) is 0 Å². The fourth-order valence-corrected chi connectivity index (χ4v) is 4.08. The lowest BCUT2D eigenvalue weighted by molar-refractivity contribution is 0.117. The van der Waals surface area contributed by atoms with Crippen LogP contribution in [-0.4, -0.2) is 59.5 Å². The van der Waals surface area contributed by atoms with Crippen molar-refractivity contribution >= 4 is 9.84 Å². The molecule has 6 heteroatoms. The smallest absolute Gasteiger partial charge is 0.178 e. The molecule has 118 valence electrons. The van der Waals surface area contributed by atoms with E-state index in [2.05, 4.69) is 10.2 Å². The van der Waals surface area contributed by atoms with Gasteiger partial charge in [-0.25, -0.2) is 8.42 Å². The van der Waals surface area contributed by atoms with Crippen molar-refractivity contribution < 1.29 is 13.2 Å². The van der Waals surface area contributed by atoms with Gasteiger partial charge < -0.3 is 15.0 Å². The van der Waals surface area contributed by atoms with Gasteiger partial charge in [-0.3, -0.25) is 0 Å². The van der Waals surface area contributed by atoms with Crippen molar-refractivity contribution in [3.63, 3.8) is 0 Å². The Labute approximate surface area is 127 Å². The Balaban J connectivity index is 1.85. The third-order valence-electron chi connectivity index (χ3n) is 3.62. The summed E-state index contributed by atoms with van der Waals surface area (Å²) in [4.78, 5) is 2.55. The van der Waals surface area contributed by atoms with E-state index < -0.39 is 9.84 Å². The molecule has 0 fully saturated rings. The number of fused-ring (bicyclic) bond motifs is 1. The van der Waals surface area contributed by atoms with Crippen LogP contribution >= 0.6 is 0 Å². The first kappa shape index (κ1) is 16.4. The van der Waals surface area contributed by atoms with Gasteiger partial charge in [-0.15, -0.1) is 0 Å². The van der Waals surface area contributed by atoms with Crippen molar-refractivity contribution in [2.45, 2.75) is 17.4 Å². The second kappa shape index (κ2) is 7.35. The number of ether oxygens (including phenoxy) is 1. The van der Waals surface area contributed by atoms with E-state index >= 15 is 0 Å². The van der Waals surface area contributed by atoms with Gasteiger partial charge in [0.15, 0.2) is 9.84 Å². The van der Waals surface area contributed by atoms with Gasteiger partial charge in [0, 0.05) is 19.1 Å². The average molecular weight is 312 g/mol. The highest BCUT2D eigenvalue weighted by atomic mass is 32.2. The lowest BCUT2D eigenvalue weighted by Crippen LogP contribution is -2.32. The predicted molar refractivity (Wildman–Crippen MR) is 83.2 cm³/mol. The number of nitrogens with one attached hydrogen (secondary N) is 1. The fraction of sp³-hybridized carbons (Fsp3) is 0.600. The lowest BCUT2D eigenvalue weighted by Gasteiger charge is -2.26. The van der Waals surface area contributed by atoms with E-state index in [0.29, 0.717) is 24.5 Å². The van der Waals surface area contributed by atoms with E-state index in [9.17, 15) is 8.42 Å². The van der Waals surface area contributed by atoms with Crippen molar-refractivity contribution in [1.29, 1.82) is 0 Å². The second-order valence-corrected chi connectivity index (χ2v) is 7.65. The fourth-order valence-electron chi connectivity index (χ4n) is 2.46. The highest BCUT2D eigenvalue weighted by Crippen LogP contribution is 2.31. The van der Waals surface area contributed by atoms with Crippen LogP contribution in [0.4, 0.5) is 0 Å². The number of hydrogen-bond donors (Lipinski definition) is 1. The number of benzene rings is 1. The minimum absolute atomic E-state index is 0.0992. The quantitative estimate of drug-likeness (QED) is 0.763. The first-order chi connectivity index (χ1) is 10.0. The summed E-state index contributed by atoms with van der Waals surface area (Å²) in [7, 11) is 0.929. The average Bonchev–Trinajstić information content (AvgIpc) is 2.45. The molecule has 0 amide bonds. The van der Waals surface area contributed by atoms with Crippen molar-refractivity contribution in [1.82, 2.24) is 10.2 Å². The Kier molecular flexibility index (Phi) is 5.75. The molecular formula is C15H24N2O3S. The van der Waals surface area contributed by atoms with Gasteiger partial charge >= 0.3 is 0 Å². The van der Waals surface area contributed by atoms with Gasteiger partial charge in [-0.1, -0.05) is 18.2 Å². The van der Waals surface area contributed by atoms with Crippen LogP contribution in [0.25, 0.3) is 0 Å². The molecule has 5 nitrogen and oxygen atoms in total. The van der Waals surface area contributed by atoms with Crippen molar-refractivity contribution in [2.75, 3.05) is 46.2 Å². The molecule has 21 heavy (non-hydrogen) atoms. The highest BCUT2D eigenvalue weighted by Gasteiger charge is 2.29. The van der Waals surface area contributed by atoms with Crippen LogP contribution in [0.3, 0.4) is 0 Å². The molecule has 0 saturated carbocycles. The van der Waals surface area contributed by atoms with Gasteiger partial charge in [0.25, 0.3) is 0 Å². The summed E-state index contributed by atoms with van der Waals surface area (Å²) in [5, 5.41) is 3.40. The molecule has 1 unspecified atom stereocenters. The summed E-state index contributed by atoms with van der Waals surface area (Å²) in [5.74, 6) is 0.211. The number of likely N-dealkylation sites (N-methyl/N-ethyl adjacent to an activating group) is 1. The first-order valence-electron chi connectivity index (χ1n) is 7.28. The molecule has 1 heterocycles. The first-order valence-corrected chi connectivity index (χ1v) is 8.93. The molecule has 0 aromatic heterocycles. The van der Waals surface area contributed by atoms with Crippen LogP contribution < -0.4 is 5.32 Å². The number of hydrogen-bond acceptors (Lipinski definition) is 5. The highest BCUT2D eigenvalue weighted by molar-refractivity contribution is 7.91. The predicted octanol–water partition coefficient (Wildman–Crippen LogP) is 1.07. The topological polar surface area (TPSA) is 58.6 Å². The molecule has 1 aromatic carbocycles. The van der Waals surface area contributed by atoms with E-state index in [0.717, 1.165) is 18.7 Å². The Bertz CT molecular complexity index is 558. The molecule has 1 atom stereocenters. The van der Waals surface area contributed by atoms with E-state index in [1.54, 1.807) is 12.1 Å². The van der Waals surface area contributed by atoms with E-state index in [4.69, 9.17) is 4.74 Å². The maximum atomic E-state index is 12.0. The number of sulfone groups is 1. The van der Waals surface area contributed by atoms with Crippen molar-refractivity contribution in [3.8, 4) is 0 Å². The zero-order valence-corrected chi connectivity index (χ0v) is 13.5. The summed E-state index contributed by atoms with van der Waals surface area (Å²) in [6, 6.07) is 7.37.